The minimum Gasteiger partial charge on any atom is -0.126 e. The van der Waals surface area contributed by atoms with E-state index in [9.17, 15) is 0 Å². The molecule has 0 spiro atoms. The smallest absolute Gasteiger partial charge is 0.00783 e. The zero-order valence-electron chi connectivity index (χ0n) is 9.07. The fraction of sp³-hybridized carbons (Fsp3) is 0.286. The predicted molar refractivity (Wildman–Crippen MR) is 69.6 cm³/mol. The first-order valence-electron chi connectivity index (χ1n) is 5.52. The molecule has 0 aromatic heterocycles. The SMILES string of the molecule is CCCCSc1ccc2ccccc2c1. The molecule has 0 aliphatic heterocycles. The van der Waals surface area contributed by atoms with Crippen LogP contribution in [0.15, 0.2) is 47.4 Å². The summed E-state index contributed by atoms with van der Waals surface area (Å²) in [5.41, 5.74) is 0. The van der Waals surface area contributed by atoms with Gasteiger partial charge in [0.05, 0.1) is 0 Å². The average molecular weight is 216 g/mol. The molecular weight excluding hydrogens is 200 g/mol. The largest absolute Gasteiger partial charge is 0.126 e. The maximum atomic E-state index is 2.29. The number of fused-ring (bicyclic) bond motifs is 1. The van der Waals surface area contributed by atoms with Crippen LogP contribution in [0.4, 0.5) is 0 Å². The molecule has 0 N–H and O–H groups in total. The van der Waals surface area contributed by atoms with Gasteiger partial charge in [-0.2, -0.15) is 0 Å². The lowest BCUT2D eigenvalue weighted by molar-refractivity contribution is 0.896. The van der Waals surface area contributed by atoms with Gasteiger partial charge in [0.2, 0.25) is 0 Å². The molecule has 0 heterocycles. The molecule has 15 heavy (non-hydrogen) atoms. The molecule has 0 atom stereocenters. The van der Waals surface area contributed by atoms with Crippen molar-refractivity contribution in [1.29, 1.82) is 0 Å². The molecule has 2 aromatic carbocycles. The van der Waals surface area contributed by atoms with Crippen molar-refractivity contribution in [2.45, 2.75) is 24.7 Å². The third-order valence-corrected chi connectivity index (χ3v) is 3.57. The number of thioether (sulfide) groups is 1. The lowest BCUT2D eigenvalue weighted by Crippen LogP contribution is -1.79. The first-order chi connectivity index (χ1) is 7.40. The summed E-state index contributed by atoms with van der Waals surface area (Å²) in [6.07, 6.45) is 2.58. The van der Waals surface area contributed by atoms with Crippen molar-refractivity contribution < 1.29 is 0 Å². The van der Waals surface area contributed by atoms with E-state index < -0.39 is 0 Å². The van der Waals surface area contributed by atoms with Crippen molar-refractivity contribution in [3.8, 4) is 0 Å². The highest BCUT2D eigenvalue weighted by atomic mass is 32.2. The van der Waals surface area contributed by atoms with Gasteiger partial charge in [-0.3, -0.25) is 0 Å². The minimum atomic E-state index is 1.23. The van der Waals surface area contributed by atoms with Gasteiger partial charge in [-0.25, -0.2) is 0 Å². The zero-order chi connectivity index (χ0) is 10.5. The second-order valence-electron chi connectivity index (χ2n) is 3.71. The van der Waals surface area contributed by atoms with Crippen molar-refractivity contribution in [2.75, 3.05) is 5.75 Å². The van der Waals surface area contributed by atoms with E-state index in [1.807, 2.05) is 11.8 Å². The molecule has 0 bridgehead atoms. The summed E-state index contributed by atoms with van der Waals surface area (Å²) in [5.74, 6) is 1.23. The third-order valence-electron chi connectivity index (χ3n) is 2.49. The van der Waals surface area contributed by atoms with E-state index in [0.29, 0.717) is 0 Å². The third kappa shape index (κ3) is 2.75. The fourth-order valence-corrected chi connectivity index (χ4v) is 2.63. The van der Waals surface area contributed by atoms with Crippen molar-refractivity contribution in [2.24, 2.45) is 0 Å². The second-order valence-corrected chi connectivity index (χ2v) is 4.88. The van der Waals surface area contributed by atoms with Crippen molar-refractivity contribution in [3.63, 3.8) is 0 Å². The van der Waals surface area contributed by atoms with Crippen LogP contribution in [-0.4, -0.2) is 5.75 Å². The Balaban J connectivity index is 2.16. The lowest BCUT2D eigenvalue weighted by Gasteiger charge is -2.02. The molecule has 0 aliphatic rings. The quantitative estimate of drug-likeness (QED) is 0.526. The molecule has 0 saturated carbocycles. The van der Waals surface area contributed by atoms with Crippen LogP contribution in [0.5, 0.6) is 0 Å². The van der Waals surface area contributed by atoms with Crippen LogP contribution in [0, 0.1) is 0 Å². The summed E-state index contributed by atoms with van der Waals surface area (Å²) in [7, 11) is 0. The molecule has 0 fully saturated rings. The predicted octanol–water partition coefficient (Wildman–Crippen LogP) is 4.73. The Bertz CT molecular complexity index is 434. The highest BCUT2D eigenvalue weighted by Gasteiger charge is 1.96. The van der Waals surface area contributed by atoms with Gasteiger partial charge in [0.1, 0.15) is 0 Å². The zero-order valence-corrected chi connectivity index (χ0v) is 9.89. The number of hydrogen-bond donors (Lipinski definition) is 0. The van der Waals surface area contributed by atoms with Crippen LogP contribution in [-0.2, 0) is 0 Å². The molecule has 0 aliphatic carbocycles. The first kappa shape index (κ1) is 10.6. The lowest BCUT2D eigenvalue weighted by atomic mass is 10.1. The molecule has 78 valence electrons. The fourth-order valence-electron chi connectivity index (χ4n) is 1.59. The van der Waals surface area contributed by atoms with Crippen molar-refractivity contribution in [1.82, 2.24) is 0 Å². The maximum Gasteiger partial charge on any atom is 0.00783 e. The Morgan fingerprint density at radius 2 is 1.80 bits per heavy atom. The average Bonchev–Trinajstić information content (AvgIpc) is 2.29. The molecule has 0 unspecified atom stereocenters. The Kier molecular flexibility index (Phi) is 3.68. The summed E-state index contributed by atoms with van der Waals surface area (Å²) >= 11 is 1.96. The molecule has 1 heteroatoms. The van der Waals surface area contributed by atoms with E-state index in [2.05, 4.69) is 49.4 Å². The Morgan fingerprint density at radius 3 is 2.60 bits per heavy atom. The molecule has 0 radical (unpaired) electrons. The molecule has 0 amide bonds. The molecule has 0 nitrogen and oxygen atoms in total. The van der Waals surface area contributed by atoms with Gasteiger partial charge in [0.15, 0.2) is 0 Å². The van der Waals surface area contributed by atoms with E-state index in [1.165, 1.54) is 34.3 Å². The van der Waals surface area contributed by atoms with Gasteiger partial charge < -0.3 is 0 Å². The number of benzene rings is 2. The maximum absolute atomic E-state index is 2.29. The highest BCUT2D eigenvalue weighted by Crippen LogP contribution is 2.24. The van der Waals surface area contributed by atoms with Crippen LogP contribution < -0.4 is 0 Å². The van der Waals surface area contributed by atoms with E-state index in [1.54, 1.807) is 0 Å². The van der Waals surface area contributed by atoms with E-state index in [-0.39, 0.29) is 0 Å². The topological polar surface area (TPSA) is 0 Å². The molecule has 2 rings (SSSR count). The first-order valence-corrected chi connectivity index (χ1v) is 6.50. The van der Waals surface area contributed by atoms with Gasteiger partial charge >= 0.3 is 0 Å². The Labute approximate surface area is 95.7 Å². The second kappa shape index (κ2) is 5.22. The molecular formula is C14H16S. The summed E-state index contributed by atoms with van der Waals surface area (Å²) in [6, 6.07) is 15.3. The minimum absolute atomic E-state index is 1.23. The number of rotatable bonds is 4. The van der Waals surface area contributed by atoms with E-state index in [4.69, 9.17) is 0 Å². The number of unbranched alkanes of at least 4 members (excludes halogenated alkanes) is 1. The standard InChI is InChI=1S/C14H16S/c1-2-3-10-15-14-9-8-12-6-4-5-7-13(12)11-14/h4-9,11H,2-3,10H2,1H3. The van der Waals surface area contributed by atoms with Gasteiger partial charge in [0, 0.05) is 4.90 Å². The Hall–Kier alpha value is -0.950. The van der Waals surface area contributed by atoms with Crippen LogP contribution in [0.25, 0.3) is 10.8 Å². The molecule has 0 saturated heterocycles. The normalized spacial score (nSPS) is 10.7. The van der Waals surface area contributed by atoms with Crippen LogP contribution >= 0.6 is 11.8 Å². The summed E-state index contributed by atoms with van der Waals surface area (Å²) in [6.45, 7) is 2.24. The Morgan fingerprint density at radius 1 is 1.00 bits per heavy atom. The van der Waals surface area contributed by atoms with Gasteiger partial charge in [-0.1, -0.05) is 43.7 Å². The van der Waals surface area contributed by atoms with Crippen molar-refractivity contribution in [3.05, 3.63) is 42.5 Å². The van der Waals surface area contributed by atoms with E-state index >= 15 is 0 Å². The van der Waals surface area contributed by atoms with E-state index in [0.717, 1.165) is 0 Å². The van der Waals surface area contributed by atoms with Crippen molar-refractivity contribution >= 4 is 22.5 Å². The van der Waals surface area contributed by atoms with Crippen LogP contribution in [0.3, 0.4) is 0 Å². The summed E-state index contributed by atoms with van der Waals surface area (Å²) in [5, 5.41) is 2.68. The van der Waals surface area contributed by atoms with Gasteiger partial charge in [-0.05, 0) is 35.1 Å². The van der Waals surface area contributed by atoms with Crippen LogP contribution in [0.2, 0.25) is 0 Å². The van der Waals surface area contributed by atoms with Gasteiger partial charge in [0.25, 0.3) is 0 Å². The van der Waals surface area contributed by atoms with Crippen LogP contribution in [0.1, 0.15) is 19.8 Å². The highest BCUT2D eigenvalue weighted by molar-refractivity contribution is 7.99. The molecule has 2 aromatic rings. The monoisotopic (exact) mass is 216 g/mol. The summed E-state index contributed by atoms with van der Waals surface area (Å²) < 4.78 is 0. The summed E-state index contributed by atoms with van der Waals surface area (Å²) in [4.78, 5) is 1.39. The van der Waals surface area contributed by atoms with Gasteiger partial charge in [-0.15, -0.1) is 11.8 Å². The number of hydrogen-bond acceptors (Lipinski definition) is 1.